The van der Waals surface area contributed by atoms with Gasteiger partial charge in [0.25, 0.3) is 0 Å². The van der Waals surface area contributed by atoms with Gasteiger partial charge < -0.3 is 14.8 Å². The van der Waals surface area contributed by atoms with Gasteiger partial charge in [0.1, 0.15) is 0 Å². The Morgan fingerprint density at radius 3 is 2.48 bits per heavy atom. The highest BCUT2D eigenvalue weighted by molar-refractivity contribution is 5.55. The van der Waals surface area contributed by atoms with Gasteiger partial charge in [-0.25, -0.2) is 0 Å². The van der Waals surface area contributed by atoms with Crippen LogP contribution in [0.2, 0.25) is 0 Å². The third-order valence-electron chi connectivity index (χ3n) is 3.04. The first-order valence-corrected chi connectivity index (χ1v) is 6.80. The highest BCUT2D eigenvalue weighted by Gasteiger charge is 2.05. The Morgan fingerprint density at radius 2 is 1.86 bits per heavy atom. The second-order valence-corrected chi connectivity index (χ2v) is 4.46. The van der Waals surface area contributed by atoms with Crippen molar-refractivity contribution in [3.63, 3.8) is 0 Å². The van der Waals surface area contributed by atoms with E-state index in [4.69, 9.17) is 14.7 Å². The maximum Gasteiger partial charge on any atom is 0.163 e. The Labute approximate surface area is 124 Å². The topological polar surface area (TPSA) is 54.3 Å². The summed E-state index contributed by atoms with van der Waals surface area (Å²) in [5.41, 5.74) is 2.74. The Kier molecular flexibility index (Phi) is 5.05. The Balaban J connectivity index is 2.05. The van der Waals surface area contributed by atoms with E-state index >= 15 is 0 Å². The van der Waals surface area contributed by atoms with Gasteiger partial charge >= 0.3 is 0 Å². The summed E-state index contributed by atoms with van der Waals surface area (Å²) in [6.07, 6.45) is 0. The third-order valence-corrected chi connectivity index (χ3v) is 3.04. The molecule has 0 saturated carbocycles. The molecule has 0 radical (unpaired) electrons. The molecule has 0 amide bonds. The minimum Gasteiger partial charge on any atom is -0.493 e. The van der Waals surface area contributed by atoms with Crippen molar-refractivity contribution in [2.45, 2.75) is 13.5 Å². The molecule has 0 atom stereocenters. The standard InChI is InChI=1S/C17H18N2O2/c1-3-21-17-10-15(8-9-16(17)20-2)19-12-14-6-4-13(11-18)5-7-14/h4-10,19H,3,12H2,1-2H3. The number of rotatable bonds is 6. The maximum atomic E-state index is 8.78. The van der Waals surface area contributed by atoms with Crippen LogP contribution in [-0.4, -0.2) is 13.7 Å². The van der Waals surface area contributed by atoms with Crippen molar-refractivity contribution in [1.82, 2.24) is 0 Å². The second kappa shape index (κ2) is 7.20. The normalized spacial score (nSPS) is 9.76. The molecule has 0 unspecified atom stereocenters. The summed E-state index contributed by atoms with van der Waals surface area (Å²) in [6, 6.07) is 15.4. The van der Waals surface area contributed by atoms with Gasteiger partial charge in [-0.1, -0.05) is 12.1 Å². The van der Waals surface area contributed by atoms with Gasteiger partial charge in [-0.05, 0) is 36.8 Å². The van der Waals surface area contributed by atoms with E-state index in [0.717, 1.165) is 22.7 Å². The summed E-state index contributed by atoms with van der Waals surface area (Å²) in [7, 11) is 1.63. The monoisotopic (exact) mass is 282 g/mol. The van der Waals surface area contributed by atoms with Crippen LogP contribution in [0.15, 0.2) is 42.5 Å². The SMILES string of the molecule is CCOc1cc(NCc2ccc(C#N)cc2)ccc1OC. The van der Waals surface area contributed by atoms with Crippen LogP contribution in [-0.2, 0) is 6.54 Å². The summed E-state index contributed by atoms with van der Waals surface area (Å²) >= 11 is 0. The summed E-state index contributed by atoms with van der Waals surface area (Å²) < 4.78 is 10.8. The van der Waals surface area contributed by atoms with Crippen molar-refractivity contribution in [1.29, 1.82) is 5.26 Å². The van der Waals surface area contributed by atoms with E-state index in [2.05, 4.69) is 11.4 Å². The van der Waals surface area contributed by atoms with Gasteiger partial charge in [0.05, 0.1) is 25.3 Å². The molecule has 2 rings (SSSR count). The third kappa shape index (κ3) is 3.90. The van der Waals surface area contributed by atoms with E-state index in [-0.39, 0.29) is 0 Å². The maximum absolute atomic E-state index is 8.78. The lowest BCUT2D eigenvalue weighted by Gasteiger charge is -2.12. The van der Waals surface area contributed by atoms with E-state index in [1.165, 1.54) is 0 Å². The van der Waals surface area contributed by atoms with Gasteiger partial charge in [0.15, 0.2) is 11.5 Å². The van der Waals surface area contributed by atoms with Crippen LogP contribution in [0.3, 0.4) is 0 Å². The van der Waals surface area contributed by atoms with Crippen LogP contribution >= 0.6 is 0 Å². The number of ether oxygens (including phenoxy) is 2. The lowest BCUT2D eigenvalue weighted by molar-refractivity contribution is 0.311. The highest BCUT2D eigenvalue weighted by atomic mass is 16.5. The molecule has 2 aromatic rings. The quantitative estimate of drug-likeness (QED) is 0.880. The largest absolute Gasteiger partial charge is 0.493 e. The predicted molar refractivity (Wildman–Crippen MR) is 82.6 cm³/mol. The van der Waals surface area contributed by atoms with E-state index in [1.807, 2.05) is 49.4 Å². The molecule has 0 heterocycles. The zero-order valence-corrected chi connectivity index (χ0v) is 12.2. The molecule has 0 saturated heterocycles. The van der Waals surface area contributed by atoms with Gasteiger partial charge in [-0.3, -0.25) is 0 Å². The van der Waals surface area contributed by atoms with Crippen molar-refractivity contribution in [3.8, 4) is 17.6 Å². The molecule has 0 fully saturated rings. The molecule has 108 valence electrons. The van der Waals surface area contributed by atoms with E-state index in [9.17, 15) is 0 Å². The molecule has 0 aliphatic rings. The van der Waals surface area contributed by atoms with Crippen molar-refractivity contribution in [2.75, 3.05) is 19.0 Å². The second-order valence-electron chi connectivity index (χ2n) is 4.46. The fraction of sp³-hybridized carbons (Fsp3) is 0.235. The molecule has 2 aromatic carbocycles. The molecule has 4 nitrogen and oxygen atoms in total. The molecule has 21 heavy (non-hydrogen) atoms. The average molecular weight is 282 g/mol. The van der Waals surface area contributed by atoms with Crippen LogP contribution in [0.5, 0.6) is 11.5 Å². The van der Waals surface area contributed by atoms with Crippen molar-refractivity contribution in [3.05, 3.63) is 53.6 Å². The van der Waals surface area contributed by atoms with E-state index < -0.39 is 0 Å². The predicted octanol–water partition coefficient (Wildman–Crippen LogP) is 3.58. The van der Waals surface area contributed by atoms with Crippen LogP contribution in [0, 0.1) is 11.3 Å². The summed E-state index contributed by atoms with van der Waals surface area (Å²) in [4.78, 5) is 0. The van der Waals surface area contributed by atoms with Gasteiger partial charge in [0.2, 0.25) is 0 Å². The number of nitriles is 1. The lowest BCUT2D eigenvalue weighted by atomic mass is 10.1. The van der Waals surface area contributed by atoms with E-state index in [0.29, 0.717) is 18.7 Å². The highest BCUT2D eigenvalue weighted by Crippen LogP contribution is 2.30. The van der Waals surface area contributed by atoms with Crippen LogP contribution in [0.4, 0.5) is 5.69 Å². The van der Waals surface area contributed by atoms with Crippen molar-refractivity contribution < 1.29 is 9.47 Å². The zero-order valence-electron chi connectivity index (χ0n) is 12.2. The number of hydrogen-bond donors (Lipinski definition) is 1. The molecular formula is C17H18N2O2. The molecule has 1 N–H and O–H groups in total. The molecular weight excluding hydrogens is 264 g/mol. The minimum absolute atomic E-state index is 0.593. The van der Waals surface area contributed by atoms with E-state index in [1.54, 1.807) is 7.11 Å². The molecule has 4 heteroatoms. The smallest absolute Gasteiger partial charge is 0.163 e. The van der Waals surface area contributed by atoms with Gasteiger partial charge in [-0.2, -0.15) is 5.26 Å². The molecule has 0 aromatic heterocycles. The average Bonchev–Trinajstić information content (AvgIpc) is 2.54. The summed E-state index contributed by atoms with van der Waals surface area (Å²) in [6.45, 7) is 3.22. The fourth-order valence-corrected chi connectivity index (χ4v) is 1.96. The number of nitrogens with zero attached hydrogens (tertiary/aromatic N) is 1. The van der Waals surface area contributed by atoms with Crippen molar-refractivity contribution >= 4 is 5.69 Å². The summed E-state index contributed by atoms with van der Waals surface area (Å²) in [5.74, 6) is 1.45. The number of methoxy groups -OCH3 is 1. The first-order chi connectivity index (χ1) is 10.3. The molecule has 0 spiro atoms. The molecule has 0 aliphatic heterocycles. The Bertz CT molecular complexity index is 630. The van der Waals surface area contributed by atoms with Gasteiger partial charge in [-0.15, -0.1) is 0 Å². The fourth-order valence-electron chi connectivity index (χ4n) is 1.96. The Hall–Kier alpha value is -2.67. The van der Waals surface area contributed by atoms with Crippen LogP contribution in [0.25, 0.3) is 0 Å². The number of hydrogen-bond acceptors (Lipinski definition) is 4. The Morgan fingerprint density at radius 1 is 1.10 bits per heavy atom. The minimum atomic E-state index is 0.593. The van der Waals surface area contributed by atoms with Crippen LogP contribution in [0.1, 0.15) is 18.1 Å². The molecule has 0 bridgehead atoms. The first-order valence-electron chi connectivity index (χ1n) is 6.80. The van der Waals surface area contributed by atoms with Crippen molar-refractivity contribution in [2.24, 2.45) is 0 Å². The van der Waals surface area contributed by atoms with Crippen LogP contribution < -0.4 is 14.8 Å². The number of nitrogens with one attached hydrogen (secondary N) is 1. The number of benzene rings is 2. The number of anilines is 1. The lowest BCUT2D eigenvalue weighted by Crippen LogP contribution is -2.01. The zero-order chi connectivity index (χ0) is 15.1. The molecule has 0 aliphatic carbocycles. The summed E-state index contributed by atoms with van der Waals surface area (Å²) in [5, 5.41) is 12.1. The first kappa shape index (κ1) is 14.7. The van der Waals surface area contributed by atoms with Gasteiger partial charge in [0, 0.05) is 18.3 Å².